The number of hydrogen-bond donors (Lipinski definition) is 1. The topological polar surface area (TPSA) is 49.4 Å². The highest BCUT2D eigenvalue weighted by atomic mass is 16.2. The van der Waals surface area contributed by atoms with Gasteiger partial charge in [0, 0.05) is 11.0 Å². The molecule has 0 radical (unpaired) electrons. The maximum Gasteiger partial charge on any atom is 0.314 e. The van der Waals surface area contributed by atoms with E-state index in [0.717, 1.165) is 0 Å². The fraction of sp³-hybridized carbons (Fsp3) is 0.444. The highest BCUT2D eigenvalue weighted by molar-refractivity contribution is 5.99. The fourth-order valence-electron chi connectivity index (χ4n) is 1.61. The second-order valence-corrected chi connectivity index (χ2v) is 7.12. The number of nitrogens with zero attached hydrogens (tertiary/aromatic N) is 1. The molecule has 2 amide bonds. The summed E-state index contributed by atoms with van der Waals surface area (Å²) < 4.78 is 0. The number of carbonyl (C=O) groups excluding carboxylic acids is 2. The van der Waals surface area contributed by atoms with Crippen LogP contribution >= 0.6 is 0 Å². The number of amides is 2. The zero-order valence-electron chi connectivity index (χ0n) is 14.2. The van der Waals surface area contributed by atoms with Crippen molar-refractivity contribution in [3.05, 3.63) is 35.9 Å². The normalized spacial score (nSPS) is 11.2. The van der Waals surface area contributed by atoms with Crippen molar-refractivity contribution in [2.45, 2.75) is 47.1 Å². The van der Waals surface area contributed by atoms with Crippen molar-refractivity contribution in [1.82, 2.24) is 10.4 Å². The van der Waals surface area contributed by atoms with Crippen molar-refractivity contribution in [3.63, 3.8) is 0 Å². The lowest BCUT2D eigenvalue weighted by Crippen LogP contribution is -2.55. The van der Waals surface area contributed by atoms with Gasteiger partial charge in [-0.25, -0.2) is 5.01 Å². The smallest absolute Gasteiger partial charge is 0.267 e. The Balaban J connectivity index is 2.98. The van der Waals surface area contributed by atoms with Crippen LogP contribution in [0.3, 0.4) is 0 Å². The molecule has 0 unspecified atom stereocenters. The van der Waals surface area contributed by atoms with Gasteiger partial charge in [-0.05, 0) is 59.6 Å². The summed E-state index contributed by atoms with van der Waals surface area (Å²) in [6.45, 7) is 11.3. The third-order valence-electron chi connectivity index (χ3n) is 2.66. The zero-order chi connectivity index (χ0) is 17.0. The second-order valence-electron chi connectivity index (χ2n) is 7.12. The van der Waals surface area contributed by atoms with Crippen molar-refractivity contribution >= 4 is 11.8 Å². The molecule has 0 bridgehead atoms. The van der Waals surface area contributed by atoms with E-state index < -0.39 is 11.4 Å². The zero-order valence-corrected chi connectivity index (χ0v) is 14.2. The van der Waals surface area contributed by atoms with Gasteiger partial charge in [-0.2, -0.15) is 0 Å². The van der Waals surface area contributed by atoms with Gasteiger partial charge in [0.15, 0.2) is 0 Å². The molecule has 0 fully saturated rings. The molecule has 1 aromatic rings. The molecular formula is C18H24N2O2. The Hall–Kier alpha value is -2.28. The van der Waals surface area contributed by atoms with Crippen LogP contribution in [0.5, 0.6) is 0 Å². The fourth-order valence-corrected chi connectivity index (χ4v) is 1.61. The van der Waals surface area contributed by atoms with E-state index >= 15 is 0 Å². The van der Waals surface area contributed by atoms with Crippen molar-refractivity contribution in [2.24, 2.45) is 5.41 Å². The largest absolute Gasteiger partial charge is 0.314 e. The number of rotatable bonds is 1. The lowest BCUT2D eigenvalue weighted by molar-refractivity contribution is -0.121. The van der Waals surface area contributed by atoms with E-state index in [-0.39, 0.29) is 11.3 Å². The van der Waals surface area contributed by atoms with Crippen LogP contribution in [0, 0.1) is 17.3 Å². The van der Waals surface area contributed by atoms with Crippen LogP contribution < -0.4 is 5.43 Å². The molecule has 1 N–H and O–H groups in total. The molecule has 118 valence electrons. The average Bonchev–Trinajstić information content (AvgIpc) is 2.41. The number of benzene rings is 1. The Morgan fingerprint density at radius 3 is 2.00 bits per heavy atom. The summed E-state index contributed by atoms with van der Waals surface area (Å²) in [5, 5.41) is 1.32. The molecule has 0 aliphatic rings. The first-order valence-corrected chi connectivity index (χ1v) is 7.24. The predicted octanol–water partition coefficient (Wildman–Crippen LogP) is 3.01. The Bertz CT molecular complexity index is 596. The summed E-state index contributed by atoms with van der Waals surface area (Å²) in [7, 11) is 0. The first-order valence-electron chi connectivity index (χ1n) is 7.24. The molecule has 1 aromatic carbocycles. The van der Waals surface area contributed by atoms with E-state index in [2.05, 4.69) is 17.3 Å². The quantitative estimate of drug-likeness (QED) is 0.640. The minimum Gasteiger partial charge on any atom is -0.267 e. The molecule has 0 saturated heterocycles. The van der Waals surface area contributed by atoms with Crippen molar-refractivity contribution in [2.75, 3.05) is 0 Å². The molecule has 0 spiro atoms. The molecule has 0 aromatic heterocycles. The molecule has 0 aliphatic heterocycles. The van der Waals surface area contributed by atoms with E-state index in [1.54, 1.807) is 24.3 Å². The number of hydrogen-bond acceptors (Lipinski definition) is 2. The molecule has 0 heterocycles. The standard InChI is InChI=1S/C18H24N2O2/c1-17(2,3)13-12-15(21)19-20(18(4,5)6)16(22)14-10-8-7-9-11-14/h7-11H,1-6H3,(H,19,21). The number of carbonyl (C=O) groups is 2. The molecule has 4 nitrogen and oxygen atoms in total. The number of nitrogens with one attached hydrogen (secondary N) is 1. The summed E-state index contributed by atoms with van der Waals surface area (Å²) >= 11 is 0. The Labute approximate surface area is 132 Å². The third-order valence-corrected chi connectivity index (χ3v) is 2.66. The molecule has 1 rings (SSSR count). The van der Waals surface area contributed by atoms with E-state index in [1.165, 1.54) is 5.01 Å². The minimum atomic E-state index is -0.563. The Kier molecular flexibility index (Phi) is 5.38. The van der Waals surface area contributed by atoms with Crippen LogP contribution in [-0.4, -0.2) is 22.4 Å². The molecule has 0 atom stereocenters. The Morgan fingerprint density at radius 1 is 1.00 bits per heavy atom. The monoisotopic (exact) mass is 300 g/mol. The molecule has 0 saturated carbocycles. The van der Waals surface area contributed by atoms with Gasteiger partial charge in [-0.1, -0.05) is 24.1 Å². The predicted molar refractivity (Wildman–Crippen MR) is 87.7 cm³/mol. The van der Waals surface area contributed by atoms with Gasteiger partial charge in [-0.3, -0.25) is 15.0 Å². The van der Waals surface area contributed by atoms with Gasteiger partial charge in [0.2, 0.25) is 0 Å². The molecular weight excluding hydrogens is 276 g/mol. The van der Waals surface area contributed by atoms with Gasteiger partial charge in [0.25, 0.3) is 5.91 Å². The minimum absolute atomic E-state index is 0.265. The van der Waals surface area contributed by atoms with Crippen molar-refractivity contribution < 1.29 is 9.59 Å². The van der Waals surface area contributed by atoms with Gasteiger partial charge in [-0.15, -0.1) is 0 Å². The third kappa shape index (κ3) is 5.61. The van der Waals surface area contributed by atoms with Crippen LogP contribution in [0.4, 0.5) is 0 Å². The van der Waals surface area contributed by atoms with E-state index in [1.807, 2.05) is 47.6 Å². The first-order chi connectivity index (χ1) is 10.0. The first kappa shape index (κ1) is 17.8. The molecule has 4 heteroatoms. The summed E-state index contributed by atoms with van der Waals surface area (Å²) in [6.07, 6.45) is 0. The number of hydrazine groups is 1. The van der Waals surface area contributed by atoms with Crippen LogP contribution in [0.25, 0.3) is 0 Å². The van der Waals surface area contributed by atoms with Crippen molar-refractivity contribution in [3.8, 4) is 11.8 Å². The lowest BCUT2D eigenvalue weighted by Gasteiger charge is -2.34. The Morgan fingerprint density at radius 2 is 1.55 bits per heavy atom. The lowest BCUT2D eigenvalue weighted by atomic mass is 9.98. The van der Waals surface area contributed by atoms with E-state index in [4.69, 9.17) is 0 Å². The average molecular weight is 300 g/mol. The van der Waals surface area contributed by atoms with Crippen LogP contribution in [-0.2, 0) is 4.79 Å². The summed E-state index contributed by atoms with van der Waals surface area (Å²) in [5.74, 6) is 4.64. The molecule has 0 aliphatic carbocycles. The summed E-state index contributed by atoms with van der Waals surface area (Å²) in [4.78, 5) is 24.6. The van der Waals surface area contributed by atoms with E-state index in [0.29, 0.717) is 5.56 Å². The maximum absolute atomic E-state index is 12.6. The van der Waals surface area contributed by atoms with E-state index in [9.17, 15) is 9.59 Å². The maximum atomic E-state index is 12.6. The second kappa shape index (κ2) is 6.65. The SMILES string of the molecule is CC(C)(C)C#CC(=O)NN(C(=O)c1ccccc1)C(C)(C)C. The van der Waals surface area contributed by atoms with Crippen LogP contribution in [0.1, 0.15) is 51.9 Å². The summed E-state index contributed by atoms with van der Waals surface area (Å²) in [5.41, 5.74) is 2.28. The highest BCUT2D eigenvalue weighted by Crippen LogP contribution is 2.15. The van der Waals surface area contributed by atoms with Gasteiger partial charge >= 0.3 is 5.91 Å². The van der Waals surface area contributed by atoms with Gasteiger partial charge < -0.3 is 0 Å². The van der Waals surface area contributed by atoms with Gasteiger partial charge in [0.1, 0.15) is 0 Å². The van der Waals surface area contributed by atoms with Crippen LogP contribution in [0.2, 0.25) is 0 Å². The van der Waals surface area contributed by atoms with Gasteiger partial charge in [0.05, 0.1) is 5.54 Å². The van der Waals surface area contributed by atoms with Crippen molar-refractivity contribution in [1.29, 1.82) is 0 Å². The summed E-state index contributed by atoms with van der Waals surface area (Å²) in [6, 6.07) is 8.85. The molecule has 22 heavy (non-hydrogen) atoms. The highest BCUT2D eigenvalue weighted by Gasteiger charge is 2.28. The van der Waals surface area contributed by atoms with Crippen LogP contribution in [0.15, 0.2) is 30.3 Å².